The number of allylic oxidation sites excluding steroid dienone is 3. The van der Waals surface area contributed by atoms with Crippen molar-refractivity contribution in [2.45, 2.75) is 38.9 Å². The average molecular weight is 288 g/mol. The third-order valence-electron chi connectivity index (χ3n) is 4.70. The first-order chi connectivity index (χ1) is 10.1. The first-order valence-corrected chi connectivity index (χ1v) is 7.74. The molecule has 0 aromatic heterocycles. The molecule has 5 nitrogen and oxygen atoms in total. The minimum atomic E-state index is -0.355. The molecule has 0 aromatic rings. The van der Waals surface area contributed by atoms with Crippen LogP contribution in [0.3, 0.4) is 0 Å². The zero-order valence-electron chi connectivity index (χ0n) is 12.7. The van der Waals surface area contributed by atoms with Crippen molar-refractivity contribution in [1.82, 2.24) is 15.1 Å². The lowest BCUT2D eigenvalue weighted by Crippen LogP contribution is -2.43. The molecule has 3 rings (SSSR count). The molecule has 1 atom stereocenters. The van der Waals surface area contributed by atoms with Crippen LogP contribution in [0.1, 0.15) is 26.7 Å². The van der Waals surface area contributed by atoms with Gasteiger partial charge in [0, 0.05) is 30.1 Å². The number of carbonyl (C=O) groups excluding carboxylic acids is 1. The van der Waals surface area contributed by atoms with E-state index in [0.717, 1.165) is 25.9 Å². The summed E-state index contributed by atoms with van der Waals surface area (Å²) in [6.07, 6.45) is 10.00. The van der Waals surface area contributed by atoms with Gasteiger partial charge in [-0.15, -0.1) is 0 Å². The van der Waals surface area contributed by atoms with Gasteiger partial charge >= 0.3 is 0 Å². The summed E-state index contributed by atoms with van der Waals surface area (Å²) in [4.78, 5) is 16.1. The number of amides is 1. The minimum absolute atomic E-state index is 0.120. The van der Waals surface area contributed by atoms with E-state index in [1.807, 2.05) is 17.2 Å². The van der Waals surface area contributed by atoms with E-state index in [0.29, 0.717) is 17.5 Å². The van der Waals surface area contributed by atoms with Gasteiger partial charge in [0.05, 0.1) is 5.57 Å². The highest BCUT2D eigenvalue weighted by Gasteiger charge is 2.34. The molecule has 3 aliphatic heterocycles. The lowest BCUT2D eigenvalue weighted by Gasteiger charge is -2.35. The van der Waals surface area contributed by atoms with Gasteiger partial charge in [-0.05, 0) is 51.9 Å². The van der Waals surface area contributed by atoms with Crippen LogP contribution >= 0.6 is 0 Å². The van der Waals surface area contributed by atoms with E-state index in [4.69, 9.17) is 5.73 Å². The van der Waals surface area contributed by atoms with Crippen molar-refractivity contribution in [3.05, 3.63) is 35.8 Å². The Balaban J connectivity index is 1.66. The van der Waals surface area contributed by atoms with Crippen LogP contribution in [-0.2, 0) is 4.79 Å². The average Bonchev–Trinajstić information content (AvgIpc) is 2.90. The van der Waals surface area contributed by atoms with Crippen molar-refractivity contribution in [2.75, 3.05) is 13.1 Å². The number of nitrogens with two attached hydrogens (primary N) is 1. The number of piperidine rings is 1. The van der Waals surface area contributed by atoms with E-state index in [2.05, 4.69) is 30.3 Å². The van der Waals surface area contributed by atoms with Crippen molar-refractivity contribution >= 4 is 5.91 Å². The lowest BCUT2D eigenvalue weighted by molar-refractivity contribution is -0.115. The minimum Gasteiger partial charge on any atom is -0.366 e. The smallest absolute Gasteiger partial charge is 0.248 e. The zero-order valence-corrected chi connectivity index (χ0v) is 12.7. The van der Waals surface area contributed by atoms with Crippen LogP contribution in [-0.4, -0.2) is 41.0 Å². The molecule has 0 aliphatic carbocycles. The highest BCUT2D eigenvalue weighted by atomic mass is 16.1. The van der Waals surface area contributed by atoms with Gasteiger partial charge in [-0.3, -0.25) is 4.79 Å². The highest BCUT2D eigenvalue weighted by molar-refractivity contribution is 5.94. The van der Waals surface area contributed by atoms with Crippen LogP contribution in [0.25, 0.3) is 0 Å². The van der Waals surface area contributed by atoms with E-state index in [1.165, 1.54) is 5.70 Å². The largest absolute Gasteiger partial charge is 0.366 e. The van der Waals surface area contributed by atoms with Crippen molar-refractivity contribution < 1.29 is 4.79 Å². The first-order valence-electron chi connectivity index (χ1n) is 7.74. The maximum Gasteiger partial charge on any atom is 0.248 e. The van der Waals surface area contributed by atoms with Crippen molar-refractivity contribution in [3.8, 4) is 0 Å². The second-order valence-electron chi connectivity index (χ2n) is 6.31. The second-order valence-corrected chi connectivity index (χ2v) is 6.31. The van der Waals surface area contributed by atoms with Crippen LogP contribution in [0.5, 0.6) is 0 Å². The van der Waals surface area contributed by atoms with E-state index in [-0.39, 0.29) is 12.1 Å². The fourth-order valence-electron chi connectivity index (χ4n) is 3.38. The number of primary amides is 1. The Labute approximate surface area is 126 Å². The van der Waals surface area contributed by atoms with Crippen LogP contribution in [0.2, 0.25) is 0 Å². The molecular formula is C16H24N4O. The Hall–Kier alpha value is -1.75. The molecule has 0 radical (unpaired) electrons. The third kappa shape index (κ3) is 2.70. The molecule has 3 N–H and O–H groups in total. The van der Waals surface area contributed by atoms with Crippen LogP contribution in [0.4, 0.5) is 0 Å². The van der Waals surface area contributed by atoms with Crippen molar-refractivity contribution in [1.29, 1.82) is 0 Å². The molecule has 3 aliphatic rings. The van der Waals surface area contributed by atoms with Crippen molar-refractivity contribution in [3.63, 3.8) is 0 Å². The Morgan fingerprint density at radius 3 is 2.71 bits per heavy atom. The summed E-state index contributed by atoms with van der Waals surface area (Å²) in [7, 11) is 0. The van der Waals surface area contributed by atoms with Gasteiger partial charge in [-0.1, -0.05) is 0 Å². The summed E-state index contributed by atoms with van der Waals surface area (Å²) in [5, 5.41) is 3.49. The summed E-state index contributed by atoms with van der Waals surface area (Å²) < 4.78 is 0. The molecule has 1 saturated heterocycles. The Kier molecular flexibility index (Phi) is 3.76. The molecule has 21 heavy (non-hydrogen) atoms. The number of carbonyl (C=O) groups is 1. The van der Waals surface area contributed by atoms with Gasteiger partial charge in [0.1, 0.15) is 6.17 Å². The maximum atomic E-state index is 11.5. The Morgan fingerprint density at radius 1 is 1.38 bits per heavy atom. The fourth-order valence-corrected chi connectivity index (χ4v) is 3.38. The molecule has 0 saturated carbocycles. The topological polar surface area (TPSA) is 61.6 Å². The van der Waals surface area contributed by atoms with E-state index in [9.17, 15) is 4.79 Å². The summed E-state index contributed by atoms with van der Waals surface area (Å²) in [6, 6.07) is 0.620. The zero-order chi connectivity index (χ0) is 15.0. The molecule has 1 amide bonds. The number of fused-ring (bicyclic) bond motifs is 1. The van der Waals surface area contributed by atoms with Crippen LogP contribution in [0, 0.1) is 5.92 Å². The van der Waals surface area contributed by atoms with Gasteiger partial charge in [-0.25, -0.2) is 0 Å². The SMILES string of the molecule is CC(C)N1CCC(C2=CN3C=CC=C(C(N)=O)C3N2)CC1. The number of nitrogens with zero attached hydrogens (tertiary/aromatic N) is 2. The van der Waals surface area contributed by atoms with E-state index < -0.39 is 0 Å². The maximum absolute atomic E-state index is 11.5. The molecule has 114 valence electrons. The van der Waals surface area contributed by atoms with Crippen molar-refractivity contribution in [2.24, 2.45) is 11.7 Å². The molecule has 1 unspecified atom stereocenters. The molecule has 0 spiro atoms. The Bertz CT molecular complexity index is 512. The number of likely N-dealkylation sites (tertiary alicyclic amines) is 1. The molecule has 0 aromatic carbocycles. The lowest BCUT2D eigenvalue weighted by atomic mass is 9.93. The summed E-state index contributed by atoms with van der Waals surface area (Å²) in [5.41, 5.74) is 7.33. The number of hydrogen-bond acceptors (Lipinski definition) is 4. The molecule has 0 bridgehead atoms. The third-order valence-corrected chi connectivity index (χ3v) is 4.70. The quantitative estimate of drug-likeness (QED) is 0.817. The fraction of sp³-hybridized carbons (Fsp3) is 0.562. The highest BCUT2D eigenvalue weighted by Crippen LogP contribution is 2.30. The standard InChI is InChI=1S/C16H24N4O/c1-11(2)19-8-5-12(6-9-19)14-10-20-7-3-4-13(15(17)21)16(20)18-14/h3-4,7,10-12,16,18H,5-6,8-9H2,1-2H3,(H2,17,21). The monoisotopic (exact) mass is 288 g/mol. The van der Waals surface area contributed by atoms with Gasteiger partial charge in [0.2, 0.25) is 5.91 Å². The molecule has 3 heterocycles. The van der Waals surface area contributed by atoms with E-state index in [1.54, 1.807) is 6.08 Å². The normalized spacial score (nSPS) is 26.4. The second kappa shape index (κ2) is 5.56. The van der Waals surface area contributed by atoms with Gasteiger partial charge in [0.25, 0.3) is 0 Å². The number of nitrogens with one attached hydrogen (secondary N) is 1. The van der Waals surface area contributed by atoms with Gasteiger partial charge in [0.15, 0.2) is 0 Å². The Morgan fingerprint density at radius 2 is 2.10 bits per heavy atom. The van der Waals surface area contributed by atoms with Gasteiger partial charge in [-0.2, -0.15) is 0 Å². The predicted octanol–water partition coefficient (Wildman–Crippen LogP) is 1.12. The van der Waals surface area contributed by atoms with Gasteiger partial charge < -0.3 is 20.9 Å². The van der Waals surface area contributed by atoms with Crippen LogP contribution in [0.15, 0.2) is 35.8 Å². The van der Waals surface area contributed by atoms with E-state index >= 15 is 0 Å². The molecule has 5 heteroatoms. The predicted molar refractivity (Wildman–Crippen MR) is 82.7 cm³/mol. The molecular weight excluding hydrogens is 264 g/mol. The number of hydrogen-bond donors (Lipinski definition) is 2. The summed E-state index contributed by atoms with van der Waals surface area (Å²) in [5.74, 6) is 0.194. The molecule has 1 fully saturated rings. The summed E-state index contributed by atoms with van der Waals surface area (Å²) in [6.45, 7) is 6.78. The summed E-state index contributed by atoms with van der Waals surface area (Å²) >= 11 is 0. The van der Waals surface area contributed by atoms with Crippen LogP contribution < -0.4 is 11.1 Å². The number of rotatable bonds is 3. The first kappa shape index (κ1) is 14.2.